The van der Waals surface area contributed by atoms with Crippen LogP contribution in [-0.2, 0) is 11.2 Å². The minimum Gasteiger partial charge on any atom is -0.483 e. The number of ether oxygens (including phenoxy) is 1. The second-order valence-electron chi connectivity index (χ2n) is 4.02. The van der Waals surface area contributed by atoms with Crippen LogP contribution in [0, 0.1) is 0 Å². The van der Waals surface area contributed by atoms with Crippen molar-refractivity contribution in [1.82, 2.24) is 10.2 Å². The van der Waals surface area contributed by atoms with E-state index in [4.69, 9.17) is 4.74 Å². The molecular weight excluding hydrogens is 342 g/mol. The number of aromatic nitrogens is 2. The molecule has 5 nitrogen and oxygen atoms in total. The maximum Gasteiger partial charge on any atom is 0.264 e. The average Bonchev–Trinajstić information content (AvgIpc) is 2.85. The Bertz CT molecular complexity index is 589. The van der Waals surface area contributed by atoms with Gasteiger partial charge in [-0.2, -0.15) is 0 Å². The standard InChI is InChI=1S/C13H14BrN3O2S/c1-2-5-12-16-17-13(20-12)15-11(18)8-19-10-7-4-3-6-9(10)14/h3-4,6-7H,2,5,8H2,1H3,(H,15,17,18). The molecular formula is C13H14BrN3O2S. The first-order valence-corrected chi connectivity index (χ1v) is 7.79. The summed E-state index contributed by atoms with van der Waals surface area (Å²) in [7, 11) is 0. The van der Waals surface area contributed by atoms with Gasteiger partial charge in [-0.3, -0.25) is 10.1 Å². The second kappa shape index (κ2) is 7.35. The summed E-state index contributed by atoms with van der Waals surface area (Å²) in [6.07, 6.45) is 1.88. The Hall–Kier alpha value is -1.47. The highest BCUT2D eigenvalue weighted by Gasteiger charge is 2.09. The fraction of sp³-hybridized carbons (Fsp3) is 0.308. The Balaban J connectivity index is 1.84. The van der Waals surface area contributed by atoms with E-state index in [0.29, 0.717) is 10.9 Å². The van der Waals surface area contributed by atoms with E-state index in [1.807, 2.05) is 18.2 Å². The third kappa shape index (κ3) is 4.28. The number of carbonyl (C=O) groups excluding carboxylic acids is 1. The molecule has 0 fully saturated rings. The summed E-state index contributed by atoms with van der Waals surface area (Å²) in [5.41, 5.74) is 0. The molecule has 0 aliphatic heterocycles. The Morgan fingerprint density at radius 1 is 1.40 bits per heavy atom. The normalized spacial score (nSPS) is 10.3. The van der Waals surface area contributed by atoms with Gasteiger partial charge in [0.05, 0.1) is 4.47 Å². The minimum absolute atomic E-state index is 0.0642. The Morgan fingerprint density at radius 2 is 2.20 bits per heavy atom. The molecule has 0 unspecified atom stereocenters. The van der Waals surface area contributed by atoms with Gasteiger partial charge in [0, 0.05) is 6.42 Å². The molecule has 0 bridgehead atoms. The third-order valence-corrected chi connectivity index (χ3v) is 3.93. The highest BCUT2D eigenvalue weighted by Crippen LogP contribution is 2.23. The molecule has 106 valence electrons. The number of aryl methyl sites for hydroxylation is 1. The van der Waals surface area contributed by atoms with E-state index >= 15 is 0 Å². The molecule has 0 aliphatic carbocycles. The van der Waals surface area contributed by atoms with Gasteiger partial charge in [0.25, 0.3) is 5.91 Å². The number of anilines is 1. The zero-order valence-electron chi connectivity index (χ0n) is 10.9. The fourth-order valence-corrected chi connectivity index (χ4v) is 2.74. The van der Waals surface area contributed by atoms with Crippen LogP contribution in [0.25, 0.3) is 0 Å². The molecule has 2 rings (SSSR count). The smallest absolute Gasteiger partial charge is 0.264 e. The van der Waals surface area contributed by atoms with Crippen LogP contribution >= 0.6 is 27.3 Å². The van der Waals surface area contributed by atoms with Gasteiger partial charge in [0.2, 0.25) is 5.13 Å². The van der Waals surface area contributed by atoms with Gasteiger partial charge < -0.3 is 4.74 Å². The summed E-state index contributed by atoms with van der Waals surface area (Å²) >= 11 is 4.75. The molecule has 1 aromatic carbocycles. The number of halogens is 1. The molecule has 1 amide bonds. The fourth-order valence-electron chi connectivity index (χ4n) is 1.48. The monoisotopic (exact) mass is 355 g/mol. The van der Waals surface area contributed by atoms with Crippen LogP contribution in [0.3, 0.4) is 0 Å². The van der Waals surface area contributed by atoms with Crippen LogP contribution in [0.5, 0.6) is 5.75 Å². The number of amides is 1. The molecule has 0 aliphatic rings. The van der Waals surface area contributed by atoms with Crippen LogP contribution in [0.2, 0.25) is 0 Å². The Labute approximate surface area is 129 Å². The summed E-state index contributed by atoms with van der Waals surface area (Å²) in [6.45, 7) is 2.01. The highest BCUT2D eigenvalue weighted by molar-refractivity contribution is 9.10. The maximum absolute atomic E-state index is 11.8. The van der Waals surface area contributed by atoms with E-state index < -0.39 is 0 Å². The number of benzene rings is 1. The predicted octanol–water partition coefficient (Wildman–Crippen LogP) is 3.27. The van der Waals surface area contributed by atoms with Gasteiger partial charge in [-0.05, 0) is 34.5 Å². The van der Waals surface area contributed by atoms with E-state index in [1.165, 1.54) is 11.3 Å². The number of carbonyl (C=O) groups is 1. The van der Waals surface area contributed by atoms with Crippen LogP contribution < -0.4 is 10.1 Å². The average molecular weight is 356 g/mol. The van der Waals surface area contributed by atoms with Crippen molar-refractivity contribution in [3.8, 4) is 5.75 Å². The SMILES string of the molecule is CCCc1nnc(NC(=O)COc2ccccc2Br)s1. The quantitative estimate of drug-likeness (QED) is 0.863. The molecule has 7 heteroatoms. The number of para-hydroxylation sites is 1. The first kappa shape index (κ1) is 14.9. The Morgan fingerprint density at radius 3 is 2.95 bits per heavy atom. The van der Waals surface area contributed by atoms with Gasteiger partial charge >= 0.3 is 0 Å². The van der Waals surface area contributed by atoms with Gasteiger partial charge in [0.1, 0.15) is 10.8 Å². The summed E-state index contributed by atoms with van der Waals surface area (Å²) in [4.78, 5) is 11.8. The van der Waals surface area contributed by atoms with Crippen molar-refractivity contribution in [2.45, 2.75) is 19.8 Å². The van der Waals surface area contributed by atoms with Crippen molar-refractivity contribution in [3.63, 3.8) is 0 Å². The lowest BCUT2D eigenvalue weighted by Gasteiger charge is -2.06. The topological polar surface area (TPSA) is 64.1 Å². The molecule has 1 heterocycles. The zero-order chi connectivity index (χ0) is 14.4. The van der Waals surface area contributed by atoms with E-state index in [1.54, 1.807) is 6.07 Å². The van der Waals surface area contributed by atoms with E-state index in [2.05, 4.69) is 38.4 Å². The molecule has 0 atom stereocenters. The number of rotatable bonds is 6. The van der Waals surface area contributed by atoms with E-state index in [-0.39, 0.29) is 12.5 Å². The third-order valence-electron chi connectivity index (χ3n) is 2.37. The minimum atomic E-state index is -0.250. The van der Waals surface area contributed by atoms with Gasteiger partial charge in [-0.15, -0.1) is 10.2 Å². The van der Waals surface area contributed by atoms with Crippen LogP contribution in [0.1, 0.15) is 18.4 Å². The molecule has 0 spiro atoms. The van der Waals surface area contributed by atoms with Crippen LogP contribution in [0.15, 0.2) is 28.7 Å². The van der Waals surface area contributed by atoms with Gasteiger partial charge in [-0.1, -0.05) is 30.4 Å². The molecule has 2 aromatic rings. The van der Waals surface area contributed by atoms with E-state index in [9.17, 15) is 4.79 Å². The van der Waals surface area contributed by atoms with Crippen molar-refractivity contribution < 1.29 is 9.53 Å². The highest BCUT2D eigenvalue weighted by atomic mass is 79.9. The summed E-state index contributed by atoms with van der Waals surface area (Å²) in [5, 5.41) is 12.0. The van der Waals surface area contributed by atoms with Gasteiger partial charge in [0.15, 0.2) is 6.61 Å². The summed E-state index contributed by atoms with van der Waals surface area (Å²) in [6, 6.07) is 7.38. The maximum atomic E-state index is 11.8. The Kier molecular flexibility index (Phi) is 5.49. The molecule has 0 saturated carbocycles. The first-order chi connectivity index (χ1) is 9.69. The first-order valence-electron chi connectivity index (χ1n) is 6.18. The van der Waals surface area contributed by atoms with Gasteiger partial charge in [-0.25, -0.2) is 0 Å². The van der Waals surface area contributed by atoms with Crippen molar-refractivity contribution >= 4 is 38.3 Å². The summed E-state index contributed by atoms with van der Waals surface area (Å²) < 4.78 is 6.24. The second-order valence-corrected chi connectivity index (χ2v) is 5.93. The number of nitrogens with zero attached hydrogens (tertiary/aromatic N) is 2. The van der Waals surface area contributed by atoms with Crippen molar-refractivity contribution in [2.24, 2.45) is 0 Å². The lowest BCUT2D eigenvalue weighted by atomic mass is 10.3. The van der Waals surface area contributed by atoms with Crippen LogP contribution in [0.4, 0.5) is 5.13 Å². The summed E-state index contributed by atoms with van der Waals surface area (Å²) in [5.74, 6) is 0.381. The zero-order valence-corrected chi connectivity index (χ0v) is 13.3. The molecule has 20 heavy (non-hydrogen) atoms. The number of hydrogen-bond acceptors (Lipinski definition) is 5. The van der Waals surface area contributed by atoms with Crippen molar-refractivity contribution in [2.75, 3.05) is 11.9 Å². The molecule has 1 N–H and O–H groups in total. The lowest BCUT2D eigenvalue weighted by Crippen LogP contribution is -2.20. The molecule has 0 saturated heterocycles. The van der Waals surface area contributed by atoms with Crippen LogP contribution in [-0.4, -0.2) is 22.7 Å². The largest absolute Gasteiger partial charge is 0.483 e. The number of hydrogen-bond donors (Lipinski definition) is 1. The molecule has 0 radical (unpaired) electrons. The molecule has 1 aromatic heterocycles. The lowest BCUT2D eigenvalue weighted by molar-refractivity contribution is -0.118. The van der Waals surface area contributed by atoms with E-state index in [0.717, 1.165) is 22.3 Å². The van der Waals surface area contributed by atoms with Crippen molar-refractivity contribution in [1.29, 1.82) is 0 Å². The number of nitrogens with one attached hydrogen (secondary N) is 1. The van der Waals surface area contributed by atoms with Crippen molar-refractivity contribution in [3.05, 3.63) is 33.7 Å². The predicted molar refractivity (Wildman–Crippen MR) is 82.2 cm³/mol.